The highest BCUT2D eigenvalue weighted by Gasteiger charge is 2.20. The number of rotatable bonds is 4. The summed E-state index contributed by atoms with van der Waals surface area (Å²) in [5.41, 5.74) is 4.33. The van der Waals surface area contributed by atoms with Gasteiger partial charge in [-0.15, -0.1) is 0 Å². The summed E-state index contributed by atoms with van der Waals surface area (Å²) in [4.78, 5) is 8.99. The molecule has 6 aromatic carbocycles. The Morgan fingerprint density at radius 2 is 1.10 bits per heavy atom. The minimum absolute atomic E-state index is 0.0129. The molecule has 51 heavy (non-hydrogen) atoms. The first-order chi connectivity index (χ1) is 30.7. The average molecular weight is 665 g/mol. The van der Waals surface area contributed by atoms with Gasteiger partial charge in [-0.25, -0.2) is 9.97 Å². The molecule has 0 unspecified atom stereocenters. The van der Waals surface area contributed by atoms with Crippen LogP contribution < -0.4 is 0 Å². The molecule has 0 fully saturated rings. The van der Waals surface area contributed by atoms with Gasteiger partial charge in [-0.1, -0.05) is 103 Å². The lowest BCUT2D eigenvalue weighted by atomic mass is 10.0. The van der Waals surface area contributed by atoms with E-state index in [2.05, 4.69) is 32.7 Å². The summed E-state index contributed by atoms with van der Waals surface area (Å²) in [6, 6.07) is 25.3. The van der Waals surface area contributed by atoms with Crippen molar-refractivity contribution in [1.82, 2.24) is 23.7 Å². The van der Waals surface area contributed by atoms with E-state index in [9.17, 15) is 2.74 Å². The van der Waals surface area contributed by atoms with Gasteiger partial charge in [0.15, 0.2) is 0 Å². The SMILES string of the molecule is [2H]c1nc2c(c([2H])c1[2H])c1c([2H])nc(-n3c4c([2H])c([2H])c([2H])c([2H])c4c4c([2H])c([2H])c([2H])c([2H])c43)c([2H])c1n2-c1ccc2c3ccc(-c4ccccc4)cc3n(-c3ccccc3)c2c1. The van der Waals surface area contributed by atoms with Gasteiger partial charge in [-0.05, 0) is 65.6 Å². The molecule has 0 saturated heterocycles. The lowest BCUT2D eigenvalue weighted by Crippen LogP contribution is -2.00. The Kier molecular flexibility index (Phi) is 3.83. The van der Waals surface area contributed by atoms with Crippen LogP contribution in [-0.2, 0) is 0 Å². The fraction of sp³-hybridized carbons (Fsp3) is 0. The zero-order chi connectivity index (χ0) is 44.8. The topological polar surface area (TPSA) is 40.6 Å². The lowest BCUT2D eigenvalue weighted by molar-refractivity contribution is 1.08. The van der Waals surface area contributed by atoms with E-state index < -0.39 is 84.6 Å². The summed E-state index contributed by atoms with van der Waals surface area (Å²) in [6.07, 6.45) is -1.03. The van der Waals surface area contributed by atoms with Gasteiger partial charge in [0.2, 0.25) is 0 Å². The average Bonchev–Trinajstić information content (AvgIpc) is 3.96. The summed E-state index contributed by atoms with van der Waals surface area (Å²) in [7, 11) is 0. The highest BCUT2D eigenvalue weighted by atomic mass is 15.1. The van der Waals surface area contributed by atoms with Crippen LogP contribution in [0.15, 0.2) is 176 Å². The number of aromatic nitrogens is 5. The molecule has 0 saturated carbocycles. The smallest absolute Gasteiger partial charge is 0.145 e. The maximum Gasteiger partial charge on any atom is 0.145 e. The molecule has 238 valence electrons. The Bertz CT molecular complexity index is 3800. The molecule has 11 rings (SSSR count). The number of pyridine rings is 2. The standard InChI is InChI=1S/C46H29N5/c1-3-12-30(13-4-1)31-21-23-36-37-24-22-33(27-43(37)49(42(36)26-31)32-14-5-2-6-15-32)50-44-28-45(48-29-39(44)38-18-11-25-47-46(38)50)51-40-19-9-7-16-34(40)35-17-8-10-20-41(35)51/h1-29H/i7D,8D,9D,10D,11D,16D,17D,18D,19D,20D,25D,28D,29D. The van der Waals surface area contributed by atoms with Crippen LogP contribution in [0.3, 0.4) is 0 Å². The van der Waals surface area contributed by atoms with Crippen molar-refractivity contribution in [2.45, 2.75) is 0 Å². The summed E-state index contributed by atoms with van der Waals surface area (Å²) in [5, 5.41) is 1.33. The zero-order valence-electron chi connectivity index (χ0n) is 39.5. The van der Waals surface area contributed by atoms with Gasteiger partial charge in [0.05, 0.1) is 45.4 Å². The number of para-hydroxylation sites is 3. The van der Waals surface area contributed by atoms with Crippen LogP contribution in [0.2, 0.25) is 0 Å². The minimum Gasteiger partial charge on any atom is -0.309 e. The van der Waals surface area contributed by atoms with Crippen LogP contribution in [0.4, 0.5) is 0 Å². The van der Waals surface area contributed by atoms with Crippen molar-refractivity contribution in [3.8, 4) is 28.3 Å². The predicted molar refractivity (Wildman–Crippen MR) is 210 cm³/mol. The monoisotopic (exact) mass is 664 g/mol. The first kappa shape index (κ1) is 18.1. The number of benzene rings is 6. The van der Waals surface area contributed by atoms with Crippen molar-refractivity contribution in [3.05, 3.63) is 176 Å². The van der Waals surface area contributed by atoms with Crippen LogP contribution >= 0.6 is 0 Å². The molecule has 5 heterocycles. The van der Waals surface area contributed by atoms with E-state index in [0.29, 0.717) is 5.69 Å². The largest absolute Gasteiger partial charge is 0.309 e. The van der Waals surface area contributed by atoms with Gasteiger partial charge < -0.3 is 4.57 Å². The Hall–Kier alpha value is -6.98. The molecular formula is C46H29N5. The Balaban J connectivity index is 1.30. The number of hydrogen-bond donors (Lipinski definition) is 0. The third-order valence-corrected chi connectivity index (χ3v) is 9.43. The van der Waals surface area contributed by atoms with E-state index in [1.54, 1.807) is 6.07 Å². The van der Waals surface area contributed by atoms with Crippen LogP contribution in [-0.4, -0.2) is 23.7 Å². The van der Waals surface area contributed by atoms with E-state index >= 15 is 0 Å². The molecule has 0 atom stereocenters. The second kappa shape index (κ2) is 10.8. The molecule has 0 aliphatic carbocycles. The highest BCUT2D eigenvalue weighted by Crippen LogP contribution is 2.39. The molecule has 0 aliphatic heterocycles. The Morgan fingerprint density at radius 1 is 0.431 bits per heavy atom. The first-order valence-corrected chi connectivity index (χ1v) is 16.2. The normalized spacial score (nSPS) is 15.5. The molecule has 5 heteroatoms. The second-order valence-corrected chi connectivity index (χ2v) is 12.2. The minimum atomic E-state index is -0.656. The molecule has 0 N–H and O–H groups in total. The predicted octanol–water partition coefficient (Wildman–Crippen LogP) is 11.4. The van der Waals surface area contributed by atoms with E-state index in [-0.39, 0.29) is 43.7 Å². The van der Waals surface area contributed by atoms with Crippen molar-refractivity contribution in [2.24, 2.45) is 0 Å². The van der Waals surface area contributed by atoms with Gasteiger partial charge in [-0.2, -0.15) is 0 Å². The van der Waals surface area contributed by atoms with Gasteiger partial charge in [0.1, 0.15) is 11.5 Å². The van der Waals surface area contributed by atoms with Gasteiger partial charge in [0, 0.05) is 62.1 Å². The van der Waals surface area contributed by atoms with Crippen LogP contribution in [0.1, 0.15) is 17.8 Å². The second-order valence-electron chi connectivity index (χ2n) is 12.2. The maximum atomic E-state index is 9.98. The summed E-state index contributed by atoms with van der Waals surface area (Å²) < 4.78 is 120. The van der Waals surface area contributed by atoms with E-state index in [1.165, 1.54) is 4.57 Å². The van der Waals surface area contributed by atoms with Crippen molar-refractivity contribution in [3.63, 3.8) is 0 Å². The lowest BCUT2D eigenvalue weighted by Gasteiger charge is -2.12. The van der Waals surface area contributed by atoms with Gasteiger partial charge in [-0.3, -0.25) is 9.13 Å². The summed E-state index contributed by atoms with van der Waals surface area (Å²) in [5.74, 6) is -0.395. The van der Waals surface area contributed by atoms with E-state index in [1.807, 2.05) is 72.8 Å². The molecule has 0 amide bonds. The maximum absolute atomic E-state index is 9.98. The third kappa shape index (κ3) is 4.09. The van der Waals surface area contributed by atoms with Crippen LogP contribution in [0.5, 0.6) is 0 Å². The van der Waals surface area contributed by atoms with Crippen molar-refractivity contribution in [2.75, 3.05) is 0 Å². The van der Waals surface area contributed by atoms with E-state index in [4.69, 9.17) is 15.1 Å². The number of nitrogens with zero attached hydrogens (tertiary/aromatic N) is 5. The highest BCUT2D eigenvalue weighted by molar-refractivity contribution is 6.13. The van der Waals surface area contributed by atoms with Gasteiger partial charge in [0.25, 0.3) is 0 Å². The molecule has 11 aromatic rings. The molecule has 5 aromatic heterocycles. The fourth-order valence-corrected chi connectivity index (χ4v) is 7.23. The number of hydrogen-bond acceptors (Lipinski definition) is 2. The van der Waals surface area contributed by atoms with E-state index in [0.717, 1.165) is 43.2 Å². The molecule has 0 aliphatic rings. The molecular weight excluding hydrogens is 623 g/mol. The first-order valence-electron chi connectivity index (χ1n) is 22.7. The molecule has 0 spiro atoms. The summed E-state index contributed by atoms with van der Waals surface area (Å²) in [6.45, 7) is 0. The van der Waals surface area contributed by atoms with Crippen molar-refractivity contribution in [1.29, 1.82) is 0 Å². The Morgan fingerprint density at radius 3 is 1.86 bits per heavy atom. The number of fused-ring (bicyclic) bond motifs is 9. The van der Waals surface area contributed by atoms with Crippen LogP contribution in [0, 0.1) is 0 Å². The molecule has 5 nitrogen and oxygen atoms in total. The third-order valence-electron chi connectivity index (χ3n) is 9.43. The quantitative estimate of drug-likeness (QED) is 0.188. The van der Waals surface area contributed by atoms with Crippen molar-refractivity contribution >= 4 is 65.5 Å². The Labute approximate surface area is 311 Å². The fourth-order valence-electron chi connectivity index (χ4n) is 7.23. The molecule has 0 radical (unpaired) electrons. The van der Waals surface area contributed by atoms with Crippen LogP contribution in [0.25, 0.3) is 93.9 Å². The van der Waals surface area contributed by atoms with Gasteiger partial charge >= 0.3 is 0 Å². The molecule has 0 bridgehead atoms. The summed E-state index contributed by atoms with van der Waals surface area (Å²) >= 11 is 0. The zero-order valence-corrected chi connectivity index (χ0v) is 26.5. The van der Waals surface area contributed by atoms with Crippen molar-refractivity contribution < 1.29 is 17.8 Å².